The van der Waals surface area contributed by atoms with Crippen LogP contribution in [-0.2, 0) is 19.2 Å². The number of nitrogens with two attached hydrogens (primary N) is 1. The molecular formula is C21H27ClN4O6S2. The second kappa shape index (κ2) is 10.9. The number of ketones is 1. The quantitative estimate of drug-likeness (QED) is 0.415. The summed E-state index contributed by atoms with van der Waals surface area (Å²) in [5, 5.41) is 19.0. The summed E-state index contributed by atoms with van der Waals surface area (Å²) < 4.78 is 32.5. The maximum Gasteiger partial charge on any atom is 0.333 e. The highest BCUT2D eigenvalue weighted by atomic mass is 35.5. The third-order valence-electron chi connectivity index (χ3n) is 6.27. The fraction of sp³-hybridized carbons (Fsp3) is 0.571. The van der Waals surface area contributed by atoms with Crippen molar-refractivity contribution >= 4 is 44.8 Å². The first-order valence-corrected chi connectivity index (χ1v) is 13.7. The van der Waals surface area contributed by atoms with E-state index in [-0.39, 0.29) is 30.3 Å². The van der Waals surface area contributed by atoms with Crippen molar-refractivity contribution in [2.45, 2.75) is 44.2 Å². The van der Waals surface area contributed by atoms with E-state index in [1.165, 1.54) is 12.5 Å². The van der Waals surface area contributed by atoms with E-state index in [1.807, 2.05) is 0 Å². The summed E-state index contributed by atoms with van der Waals surface area (Å²) in [5.41, 5.74) is 0.860. The molecule has 13 heteroatoms. The molecule has 0 amide bonds. The third-order valence-corrected chi connectivity index (χ3v) is 8.13. The Hall–Kier alpha value is -1.67. The average Bonchev–Trinajstić information content (AvgIpc) is 3.43. The molecule has 4 rings (SSSR count). The molecular weight excluding hydrogens is 504 g/mol. The van der Waals surface area contributed by atoms with E-state index in [1.54, 1.807) is 6.07 Å². The summed E-state index contributed by atoms with van der Waals surface area (Å²) in [7, 11) is -3.97. The van der Waals surface area contributed by atoms with Crippen LogP contribution in [0.1, 0.15) is 59.0 Å². The third kappa shape index (κ3) is 6.30. The summed E-state index contributed by atoms with van der Waals surface area (Å²) in [6, 6.07) is 1.65. The smallest absolute Gasteiger partial charge is 0.333 e. The first-order chi connectivity index (χ1) is 16.2. The highest BCUT2D eigenvalue weighted by Gasteiger charge is 2.30. The lowest BCUT2D eigenvalue weighted by molar-refractivity contribution is 0.00736. The average molecular weight is 531 g/mol. The number of nitrogens with zero attached hydrogens (tertiary/aromatic N) is 2. The molecule has 2 aromatic heterocycles. The summed E-state index contributed by atoms with van der Waals surface area (Å²) in [5.74, 6) is 0.179. The predicted molar refractivity (Wildman–Crippen MR) is 127 cm³/mol. The molecule has 1 saturated heterocycles. The number of aliphatic hydroxyl groups is 1. The molecule has 1 unspecified atom stereocenters. The van der Waals surface area contributed by atoms with Crippen LogP contribution in [0.5, 0.6) is 0 Å². The van der Waals surface area contributed by atoms with Crippen LogP contribution >= 0.6 is 22.9 Å². The van der Waals surface area contributed by atoms with Gasteiger partial charge in [-0.1, -0.05) is 11.6 Å². The van der Waals surface area contributed by atoms with Crippen LogP contribution < -0.4 is 10.5 Å². The van der Waals surface area contributed by atoms with E-state index < -0.39 is 16.4 Å². The zero-order chi connectivity index (χ0) is 24.3. The summed E-state index contributed by atoms with van der Waals surface area (Å²) in [4.78, 5) is 22.0. The van der Waals surface area contributed by atoms with E-state index in [0.29, 0.717) is 45.8 Å². The molecule has 0 aromatic carbocycles. The van der Waals surface area contributed by atoms with Crippen LogP contribution in [0.15, 0.2) is 18.6 Å². The molecule has 4 N–H and O–H groups in total. The molecule has 186 valence electrons. The molecule has 1 aliphatic heterocycles. The number of hydrogen-bond acceptors (Lipinski definition) is 10. The molecule has 10 nitrogen and oxygen atoms in total. The molecule has 3 heterocycles. The molecule has 2 fully saturated rings. The maximum absolute atomic E-state index is 13.3. The fourth-order valence-electron chi connectivity index (χ4n) is 4.47. The second-order valence-corrected chi connectivity index (χ2v) is 11.5. The monoisotopic (exact) mass is 530 g/mol. The number of halogens is 1. The molecule has 0 spiro atoms. The molecule has 1 saturated carbocycles. The van der Waals surface area contributed by atoms with E-state index in [4.69, 9.17) is 25.7 Å². The number of thiophene rings is 1. The van der Waals surface area contributed by atoms with Crippen molar-refractivity contribution in [3.63, 3.8) is 0 Å². The van der Waals surface area contributed by atoms with Gasteiger partial charge < -0.3 is 15.2 Å². The molecule has 0 bridgehead atoms. The molecule has 34 heavy (non-hydrogen) atoms. The van der Waals surface area contributed by atoms with Crippen LogP contribution in [0.4, 0.5) is 5.82 Å². The highest BCUT2D eigenvalue weighted by Crippen LogP contribution is 2.39. The summed E-state index contributed by atoms with van der Waals surface area (Å²) in [6.45, 7) is 1.22. The SMILES string of the molecule is NS(=O)(=O)OC[C@@H]1CC[C@H](Nc2ncncc2C(=O)c2cc(C(O)C3CCOCC3)c(Cl)s2)C1. The number of aliphatic hydroxyl groups excluding tert-OH is 1. The van der Waals surface area contributed by atoms with Crippen LogP contribution in [0.2, 0.25) is 4.34 Å². The Morgan fingerprint density at radius 3 is 2.85 bits per heavy atom. The summed E-state index contributed by atoms with van der Waals surface area (Å²) in [6.07, 6.45) is 5.71. The maximum atomic E-state index is 13.3. The Kier molecular flexibility index (Phi) is 8.18. The van der Waals surface area contributed by atoms with Gasteiger partial charge in [-0.25, -0.2) is 15.1 Å². The number of carbonyl (C=O) groups excluding carboxylic acids is 1. The van der Waals surface area contributed by atoms with Gasteiger partial charge in [0.05, 0.1) is 27.5 Å². The second-order valence-electron chi connectivity index (χ2n) is 8.65. The van der Waals surface area contributed by atoms with Crippen molar-refractivity contribution < 1.29 is 27.2 Å². The highest BCUT2D eigenvalue weighted by molar-refractivity contribution is 7.84. The topological polar surface area (TPSA) is 154 Å². The van der Waals surface area contributed by atoms with Crippen LogP contribution in [0.25, 0.3) is 0 Å². The van der Waals surface area contributed by atoms with E-state index in [0.717, 1.165) is 37.0 Å². The standard InChI is InChI=1S/C21H27ClN4O6S2/c22-20-15(18(27)13-3-5-31-6-4-13)8-17(33-20)19(28)16-9-24-11-25-21(16)26-14-2-1-12(7-14)10-32-34(23,29)30/h8-9,11-14,18,27H,1-7,10H2,(H2,23,29,30)(H,24,25,26)/t12-,14+,18?/m1/s1. The molecule has 0 radical (unpaired) electrons. The van der Waals surface area contributed by atoms with E-state index in [9.17, 15) is 18.3 Å². The molecule has 2 aromatic rings. The fourth-order valence-corrected chi connectivity index (χ4v) is 6.14. The molecule has 2 aliphatic rings. The van der Waals surface area contributed by atoms with Gasteiger partial charge in [-0.05, 0) is 50.0 Å². The van der Waals surface area contributed by atoms with E-state index in [2.05, 4.69) is 15.3 Å². The lowest BCUT2D eigenvalue weighted by Gasteiger charge is -2.26. The van der Waals surface area contributed by atoms with Gasteiger partial charge in [-0.15, -0.1) is 11.3 Å². The minimum Gasteiger partial charge on any atom is -0.388 e. The zero-order valence-corrected chi connectivity index (χ0v) is 20.7. The predicted octanol–water partition coefficient (Wildman–Crippen LogP) is 2.68. The number of carbonyl (C=O) groups is 1. The Bertz CT molecular complexity index is 1120. The van der Waals surface area contributed by atoms with Gasteiger partial charge in [0.2, 0.25) is 5.78 Å². The van der Waals surface area contributed by atoms with Crippen molar-refractivity contribution in [2.24, 2.45) is 17.0 Å². The molecule has 1 aliphatic carbocycles. The van der Waals surface area contributed by atoms with Crippen molar-refractivity contribution in [1.82, 2.24) is 9.97 Å². The van der Waals surface area contributed by atoms with Crippen molar-refractivity contribution in [2.75, 3.05) is 25.1 Å². The number of aromatic nitrogens is 2. The number of rotatable bonds is 9. The van der Waals surface area contributed by atoms with Crippen molar-refractivity contribution in [3.8, 4) is 0 Å². The number of nitrogens with one attached hydrogen (secondary N) is 1. The number of hydrogen-bond donors (Lipinski definition) is 3. The van der Waals surface area contributed by atoms with Gasteiger partial charge in [-0.2, -0.15) is 8.42 Å². The first-order valence-electron chi connectivity index (χ1n) is 11.0. The summed E-state index contributed by atoms with van der Waals surface area (Å²) >= 11 is 7.54. The van der Waals surface area contributed by atoms with Crippen molar-refractivity contribution in [1.29, 1.82) is 0 Å². The Labute approximate surface area is 207 Å². The Balaban J connectivity index is 1.45. The van der Waals surface area contributed by atoms with Gasteiger partial charge in [0, 0.05) is 31.0 Å². The van der Waals surface area contributed by atoms with Crippen LogP contribution in [0, 0.1) is 11.8 Å². The first kappa shape index (κ1) is 25.4. The molecule has 3 atom stereocenters. The van der Waals surface area contributed by atoms with Gasteiger partial charge in [-0.3, -0.25) is 8.98 Å². The Morgan fingerprint density at radius 1 is 1.35 bits per heavy atom. The van der Waals surface area contributed by atoms with Gasteiger partial charge >= 0.3 is 10.3 Å². The lowest BCUT2D eigenvalue weighted by Crippen LogP contribution is -2.22. The van der Waals surface area contributed by atoms with Crippen LogP contribution in [-0.4, -0.2) is 55.1 Å². The number of ether oxygens (including phenoxy) is 1. The number of anilines is 1. The van der Waals surface area contributed by atoms with E-state index >= 15 is 0 Å². The minimum atomic E-state index is -3.97. The Morgan fingerprint density at radius 2 is 2.12 bits per heavy atom. The largest absolute Gasteiger partial charge is 0.388 e. The van der Waals surface area contributed by atoms with Gasteiger partial charge in [0.25, 0.3) is 0 Å². The zero-order valence-electron chi connectivity index (χ0n) is 18.4. The van der Waals surface area contributed by atoms with Crippen LogP contribution in [0.3, 0.4) is 0 Å². The van der Waals surface area contributed by atoms with Gasteiger partial charge in [0.1, 0.15) is 12.1 Å². The lowest BCUT2D eigenvalue weighted by atomic mass is 9.90. The van der Waals surface area contributed by atoms with Crippen molar-refractivity contribution in [3.05, 3.63) is 38.9 Å². The van der Waals surface area contributed by atoms with Gasteiger partial charge in [0.15, 0.2) is 0 Å². The minimum absolute atomic E-state index is 0.00615. The normalized spacial score (nSPS) is 22.6.